The Kier molecular flexibility index (Phi) is 8.64. The van der Waals surface area contributed by atoms with Gasteiger partial charge in [-0.15, -0.1) is 15.3 Å². The van der Waals surface area contributed by atoms with Gasteiger partial charge in [0.05, 0.1) is 26.5 Å². The molecule has 4 rings (SSSR count). The standard InChI is InChI=1S/C28H27N5O6/c1-17(35)29-20-7-10-22-18(14-20)4-11-23(28(22)36)31-33-25-16-26(37-2)24(15-27(25)38-3)32-30-19-5-8-21(9-6-19)39-13-12-34/h4-11,14-16,34,36H,12-13H2,1-3H3,(H,29,35). The third-order valence-corrected chi connectivity index (χ3v) is 5.51. The number of phenolic OH excluding ortho intramolecular Hbond substituents is 1. The number of hydrogen-bond donors (Lipinski definition) is 3. The Bertz CT molecular complexity index is 1540. The summed E-state index contributed by atoms with van der Waals surface area (Å²) in [6.45, 7) is 1.58. The van der Waals surface area contributed by atoms with Gasteiger partial charge in [0.1, 0.15) is 40.9 Å². The van der Waals surface area contributed by atoms with Gasteiger partial charge in [0, 0.05) is 30.1 Å². The minimum absolute atomic E-state index is 0.0465. The SMILES string of the molecule is COc1cc(N=Nc2ccc3cc(NC(C)=O)ccc3c2O)c(OC)cc1N=Nc1ccc(OCCO)cc1. The molecule has 0 unspecified atom stereocenters. The Labute approximate surface area is 224 Å². The lowest BCUT2D eigenvalue weighted by atomic mass is 10.1. The van der Waals surface area contributed by atoms with E-state index in [2.05, 4.69) is 25.8 Å². The summed E-state index contributed by atoms with van der Waals surface area (Å²) in [5, 5.41) is 40.7. The molecule has 0 aromatic heterocycles. The minimum atomic E-state index is -0.181. The highest BCUT2D eigenvalue weighted by atomic mass is 16.5. The molecule has 0 saturated heterocycles. The summed E-state index contributed by atoms with van der Waals surface area (Å²) in [6.07, 6.45) is 0. The van der Waals surface area contributed by atoms with Gasteiger partial charge in [-0.1, -0.05) is 6.07 Å². The summed E-state index contributed by atoms with van der Waals surface area (Å²) in [4.78, 5) is 11.3. The molecule has 200 valence electrons. The molecule has 0 bridgehead atoms. The third kappa shape index (κ3) is 6.65. The lowest BCUT2D eigenvalue weighted by molar-refractivity contribution is -0.114. The molecule has 0 heterocycles. The number of nitrogens with zero attached hydrogens (tertiary/aromatic N) is 4. The second kappa shape index (κ2) is 12.5. The zero-order chi connectivity index (χ0) is 27.8. The van der Waals surface area contributed by atoms with Crippen LogP contribution in [-0.2, 0) is 4.79 Å². The smallest absolute Gasteiger partial charge is 0.221 e. The van der Waals surface area contributed by atoms with Crippen LogP contribution in [0.25, 0.3) is 10.8 Å². The summed E-state index contributed by atoms with van der Waals surface area (Å²) in [6, 6.07) is 18.7. The van der Waals surface area contributed by atoms with Crippen molar-refractivity contribution in [2.24, 2.45) is 20.5 Å². The average Bonchev–Trinajstić information content (AvgIpc) is 2.94. The molecule has 0 aliphatic carbocycles. The number of aromatic hydroxyl groups is 1. The number of azo groups is 2. The molecule has 11 nitrogen and oxygen atoms in total. The number of aliphatic hydroxyl groups excluding tert-OH is 1. The van der Waals surface area contributed by atoms with Gasteiger partial charge in [-0.3, -0.25) is 4.79 Å². The minimum Gasteiger partial charge on any atom is -0.505 e. The molecule has 0 fully saturated rings. The van der Waals surface area contributed by atoms with Crippen molar-refractivity contribution < 1.29 is 29.2 Å². The second-order valence-corrected chi connectivity index (χ2v) is 8.21. The molecular weight excluding hydrogens is 502 g/mol. The molecule has 0 radical (unpaired) electrons. The van der Waals surface area contributed by atoms with Crippen molar-refractivity contribution in [3.63, 3.8) is 0 Å². The van der Waals surface area contributed by atoms with Gasteiger partial charge in [-0.05, 0) is 53.9 Å². The van der Waals surface area contributed by atoms with E-state index in [9.17, 15) is 9.90 Å². The molecule has 39 heavy (non-hydrogen) atoms. The van der Waals surface area contributed by atoms with Crippen LogP contribution >= 0.6 is 0 Å². The van der Waals surface area contributed by atoms with E-state index in [1.165, 1.54) is 21.1 Å². The number of phenols is 1. The number of aliphatic hydroxyl groups is 1. The van der Waals surface area contributed by atoms with Crippen molar-refractivity contribution in [3.05, 3.63) is 66.7 Å². The van der Waals surface area contributed by atoms with Gasteiger partial charge >= 0.3 is 0 Å². The van der Waals surface area contributed by atoms with Crippen LogP contribution in [0.5, 0.6) is 23.0 Å². The van der Waals surface area contributed by atoms with Crippen molar-refractivity contribution in [1.29, 1.82) is 0 Å². The number of amides is 1. The van der Waals surface area contributed by atoms with Crippen LogP contribution in [0.3, 0.4) is 0 Å². The molecule has 4 aromatic rings. The first-order valence-corrected chi connectivity index (χ1v) is 11.9. The quantitative estimate of drug-likeness (QED) is 0.194. The van der Waals surface area contributed by atoms with Crippen LogP contribution in [0.1, 0.15) is 6.92 Å². The predicted molar refractivity (Wildman–Crippen MR) is 147 cm³/mol. The Balaban J connectivity index is 1.58. The van der Waals surface area contributed by atoms with E-state index >= 15 is 0 Å². The highest BCUT2D eigenvalue weighted by Crippen LogP contribution is 2.42. The lowest BCUT2D eigenvalue weighted by Gasteiger charge is -2.10. The van der Waals surface area contributed by atoms with Gasteiger partial charge in [0.25, 0.3) is 0 Å². The number of methoxy groups -OCH3 is 2. The third-order valence-electron chi connectivity index (χ3n) is 5.51. The number of rotatable bonds is 10. The lowest BCUT2D eigenvalue weighted by Crippen LogP contribution is -2.05. The van der Waals surface area contributed by atoms with E-state index in [-0.39, 0.29) is 30.6 Å². The largest absolute Gasteiger partial charge is 0.505 e. The van der Waals surface area contributed by atoms with Gasteiger partial charge in [-0.25, -0.2) is 0 Å². The summed E-state index contributed by atoms with van der Waals surface area (Å²) in [5.41, 5.74) is 2.25. The van der Waals surface area contributed by atoms with E-state index in [0.29, 0.717) is 45.4 Å². The van der Waals surface area contributed by atoms with E-state index in [0.717, 1.165) is 5.39 Å². The highest BCUT2D eigenvalue weighted by Gasteiger charge is 2.13. The van der Waals surface area contributed by atoms with Crippen LogP contribution in [-0.4, -0.2) is 43.6 Å². The zero-order valence-electron chi connectivity index (χ0n) is 21.6. The van der Waals surface area contributed by atoms with Crippen molar-refractivity contribution >= 4 is 45.1 Å². The summed E-state index contributed by atoms with van der Waals surface area (Å²) in [5.74, 6) is 1.16. The molecule has 0 atom stereocenters. The first-order valence-electron chi connectivity index (χ1n) is 11.9. The fourth-order valence-electron chi connectivity index (χ4n) is 3.68. The molecule has 0 aliphatic heterocycles. The number of anilines is 1. The number of fused-ring (bicyclic) bond motifs is 1. The predicted octanol–water partition coefficient (Wildman–Crippen LogP) is 6.72. The van der Waals surface area contributed by atoms with Crippen LogP contribution < -0.4 is 19.5 Å². The van der Waals surface area contributed by atoms with Crippen molar-refractivity contribution in [1.82, 2.24) is 0 Å². The highest BCUT2D eigenvalue weighted by molar-refractivity contribution is 5.97. The monoisotopic (exact) mass is 529 g/mol. The Morgan fingerprint density at radius 1 is 0.821 bits per heavy atom. The van der Waals surface area contributed by atoms with Gasteiger partial charge in [0.2, 0.25) is 5.91 Å². The summed E-state index contributed by atoms with van der Waals surface area (Å²) >= 11 is 0. The van der Waals surface area contributed by atoms with E-state index in [1.54, 1.807) is 66.7 Å². The molecular formula is C28H27N5O6. The molecule has 11 heteroatoms. The van der Waals surface area contributed by atoms with Crippen LogP contribution in [0.4, 0.5) is 28.4 Å². The first kappa shape index (κ1) is 27.0. The fraction of sp³-hybridized carbons (Fsp3) is 0.179. The molecule has 0 spiro atoms. The second-order valence-electron chi connectivity index (χ2n) is 8.21. The van der Waals surface area contributed by atoms with Crippen molar-refractivity contribution in [2.75, 3.05) is 32.8 Å². The van der Waals surface area contributed by atoms with Crippen molar-refractivity contribution in [2.45, 2.75) is 6.92 Å². The number of carbonyl (C=O) groups is 1. The maximum atomic E-state index is 11.3. The fourth-order valence-corrected chi connectivity index (χ4v) is 3.68. The van der Waals surface area contributed by atoms with Crippen LogP contribution in [0.15, 0.2) is 87.2 Å². The molecule has 4 aromatic carbocycles. The molecule has 1 amide bonds. The first-order chi connectivity index (χ1) is 18.9. The summed E-state index contributed by atoms with van der Waals surface area (Å²) in [7, 11) is 2.99. The van der Waals surface area contributed by atoms with Crippen LogP contribution in [0, 0.1) is 0 Å². The zero-order valence-corrected chi connectivity index (χ0v) is 21.6. The summed E-state index contributed by atoms with van der Waals surface area (Å²) < 4.78 is 16.3. The van der Waals surface area contributed by atoms with Gasteiger partial charge in [-0.2, -0.15) is 5.11 Å². The Morgan fingerprint density at radius 3 is 2.08 bits per heavy atom. The van der Waals surface area contributed by atoms with Gasteiger partial charge in [0.15, 0.2) is 5.75 Å². The van der Waals surface area contributed by atoms with Crippen molar-refractivity contribution in [3.8, 4) is 23.0 Å². The van der Waals surface area contributed by atoms with E-state index < -0.39 is 0 Å². The Morgan fingerprint density at radius 2 is 1.46 bits per heavy atom. The maximum Gasteiger partial charge on any atom is 0.221 e. The number of nitrogens with one attached hydrogen (secondary N) is 1. The molecule has 0 aliphatic rings. The average molecular weight is 530 g/mol. The van der Waals surface area contributed by atoms with Crippen LogP contribution in [0.2, 0.25) is 0 Å². The molecule has 3 N–H and O–H groups in total. The topological polar surface area (TPSA) is 147 Å². The number of ether oxygens (including phenoxy) is 3. The van der Waals surface area contributed by atoms with Gasteiger partial charge < -0.3 is 29.7 Å². The number of carbonyl (C=O) groups excluding carboxylic acids is 1. The van der Waals surface area contributed by atoms with E-state index in [1.807, 2.05) is 0 Å². The molecule has 0 saturated carbocycles. The Hall–Kier alpha value is -5.03. The maximum absolute atomic E-state index is 11.3. The normalized spacial score (nSPS) is 11.3. The number of hydrogen-bond acceptors (Lipinski definition) is 10. The number of benzene rings is 4. The van der Waals surface area contributed by atoms with E-state index in [4.69, 9.17) is 19.3 Å².